The molecule has 3 rings (SSSR count). The fourth-order valence-corrected chi connectivity index (χ4v) is 2.73. The van der Waals surface area contributed by atoms with Crippen molar-refractivity contribution in [1.29, 1.82) is 0 Å². The smallest absolute Gasteiger partial charge is 0.142 e. The topological polar surface area (TPSA) is 35.8 Å². The Morgan fingerprint density at radius 1 is 1.24 bits per heavy atom. The highest BCUT2D eigenvalue weighted by Crippen LogP contribution is 2.29. The van der Waals surface area contributed by atoms with Crippen LogP contribution in [0.2, 0.25) is 5.02 Å². The van der Waals surface area contributed by atoms with Crippen LogP contribution >= 0.6 is 11.6 Å². The number of nitrogens with zero attached hydrogens (tertiary/aromatic N) is 2. The summed E-state index contributed by atoms with van der Waals surface area (Å²) in [5.41, 5.74) is 3.45. The molecule has 0 unspecified atom stereocenters. The van der Waals surface area contributed by atoms with E-state index in [9.17, 15) is 4.39 Å². The number of rotatable bonds is 2. The average Bonchev–Trinajstić information content (AvgIpc) is 2.51. The summed E-state index contributed by atoms with van der Waals surface area (Å²) in [5.74, 6) is -0.405. The second kappa shape index (κ2) is 5.74. The van der Waals surface area contributed by atoms with E-state index in [1.807, 2.05) is 30.3 Å². The summed E-state index contributed by atoms with van der Waals surface area (Å²) >= 11 is 5.71. The molecular weight excluding hydrogens is 291 g/mol. The van der Waals surface area contributed by atoms with Crippen LogP contribution in [-0.2, 0) is 6.54 Å². The fraction of sp³-hybridized carbons (Fsp3) is 0.188. The van der Waals surface area contributed by atoms with Crippen molar-refractivity contribution in [2.24, 2.45) is 5.16 Å². The summed E-state index contributed by atoms with van der Waals surface area (Å²) < 4.78 is 13.5. The van der Waals surface area contributed by atoms with Crippen LogP contribution in [0.4, 0.5) is 10.1 Å². The quantitative estimate of drug-likeness (QED) is 0.670. The van der Waals surface area contributed by atoms with Gasteiger partial charge in [-0.3, -0.25) is 0 Å². The summed E-state index contributed by atoms with van der Waals surface area (Å²) in [6.45, 7) is 1.31. The van der Waals surface area contributed by atoms with Gasteiger partial charge >= 0.3 is 0 Å². The Labute approximate surface area is 127 Å². The van der Waals surface area contributed by atoms with Gasteiger partial charge in [0.2, 0.25) is 0 Å². The molecule has 1 aliphatic heterocycles. The third-order valence-corrected chi connectivity index (χ3v) is 3.96. The monoisotopic (exact) mass is 304 g/mol. The molecule has 0 fully saturated rings. The van der Waals surface area contributed by atoms with Crippen molar-refractivity contribution in [3.05, 3.63) is 64.4 Å². The molecule has 0 atom stereocenters. The molecule has 0 aliphatic carbocycles. The normalized spacial score (nSPS) is 16.1. The van der Waals surface area contributed by atoms with E-state index in [0.29, 0.717) is 18.7 Å². The van der Waals surface area contributed by atoms with Crippen molar-refractivity contribution >= 4 is 23.0 Å². The molecule has 2 aromatic carbocycles. The number of hydrogen-bond donors (Lipinski definition) is 1. The SMILES string of the molecule is O/N=C1/CCN(Cc2ccc(Cl)c(F)c2)c2ccccc21. The number of benzene rings is 2. The molecule has 0 saturated carbocycles. The Balaban J connectivity index is 1.91. The maximum atomic E-state index is 13.5. The van der Waals surface area contributed by atoms with Crippen molar-refractivity contribution in [3.63, 3.8) is 0 Å². The minimum absolute atomic E-state index is 0.132. The number of halogens is 2. The lowest BCUT2D eigenvalue weighted by Crippen LogP contribution is -2.31. The van der Waals surface area contributed by atoms with Gasteiger partial charge in [0.05, 0.1) is 10.7 Å². The van der Waals surface area contributed by atoms with Gasteiger partial charge in [0.25, 0.3) is 0 Å². The molecule has 0 saturated heterocycles. The van der Waals surface area contributed by atoms with E-state index in [0.717, 1.165) is 23.4 Å². The van der Waals surface area contributed by atoms with E-state index >= 15 is 0 Å². The van der Waals surface area contributed by atoms with Gasteiger partial charge in [0.1, 0.15) is 5.82 Å². The second-order valence-corrected chi connectivity index (χ2v) is 5.39. The highest BCUT2D eigenvalue weighted by molar-refractivity contribution is 6.30. The first-order chi connectivity index (χ1) is 10.2. The van der Waals surface area contributed by atoms with E-state index < -0.39 is 5.82 Å². The summed E-state index contributed by atoms with van der Waals surface area (Å²) in [6, 6.07) is 12.6. The Kier molecular flexibility index (Phi) is 3.80. The second-order valence-electron chi connectivity index (χ2n) is 4.98. The molecule has 2 aromatic rings. The predicted octanol–water partition coefficient (Wildman–Crippen LogP) is 4.07. The van der Waals surface area contributed by atoms with Gasteiger partial charge in [-0.25, -0.2) is 4.39 Å². The molecular formula is C16H14ClFN2O. The molecule has 0 aromatic heterocycles. The van der Waals surface area contributed by atoms with E-state index in [4.69, 9.17) is 16.8 Å². The minimum Gasteiger partial charge on any atom is -0.411 e. The average molecular weight is 305 g/mol. The summed E-state index contributed by atoms with van der Waals surface area (Å²) in [5, 5.41) is 12.6. The molecule has 5 heteroatoms. The van der Waals surface area contributed by atoms with E-state index in [2.05, 4.69) is 10.1 Å². The zero-order chi connectivity index (χ0) is 14.8. The highest BCUT2D eigenvalue weighted by Gasteiger charge is 2.21. The van der Waals surface area contributed by atoms with Gasteiger partial charge in [-0.1, -0.05) is 41.0 Å². The number of para-hydroxylation sites is 1. The maximum Gasteiger partial charge on any atom is 0.142 e. The highest BCUT2D eigenvalue weighted by atomic mass is 35.5. The van der Waals surface area contributed by atoms with Gasteiger partial charge in [-0.05, 0) is 23.8 Å². The van der Waals surface area contributed by atoms with Gasteiger partial charge in [-0.15, -0.1) is 0 Å². The van der Waals surface area contributed by atoms with Crippen molar-refractivity contribution in [1.82, 2.24) is 0 Å². The maximum absolute atomic E-state index is 13.5. The third kappa shape index (κ3) is 2.72. The molecule has 1 heterocycles. The molecule has 1 aliphatic rings. The Morgan fingerprint density at radius 3 is 2.81 bits per heavy atom. The van der Waals surface area contributed by atoms with Crippen LogP contribution in [0, 0.1) is 5.82 Å². The largest absolute Gasteiger partial charge is 0.411 e. The molecule has 0 spiro atoms. The van der Waals surface area contributed by atoms with Crippen LogP contribution in [0.15, 0.2) is 47.6 Å². The lowest BCUT2D eigenvalue weighted by Gasteiger charge is -2.31. The van der Waals surface area contributed by atoms with E-state index in [-0.39, 0.29) is 5.02 Å². The Hall–Kier alpha value is -2.07. The molecule has 1 N–H and O–H groups in total. The van der Waals surface area contributed by atoms with Gasteiger partial charge in [-0.2, -0.15) is 0 Å². The summed E-state index contributed by atoms with van der Waals surface area (Å²) in [7, 11) is 0. The van der Waals surface area contributed by atoms with Crippen molar-refractivity contribution < 1.29 is 9.60 Å². The lowest BCUT2D eigenvalue weighted by molar-refractivity contribution is 0.317. The van der Waals surface area contributed by atoms with Crippen molar-refractivity contribution in [2.45, 2.75) is 13.0 Å². The Morgan fingerprint density at radius 2 is 2.05 bits per heavy atom. The fourth-order valence-electron chi connectivity index (χ4n) is 2.62. The third-order valence-electron chi connectivity index (χ3n) is 3.65. The van der Waals surface area contributed by atoms with Gasteiger partial charge < -0.3 is 10.1 Å². The molecule has 108 valence electrons. The minimum atomic E-state index is -0.405. The van der Waals surface area contributed by atoms with E-state index in [1.54, 1.807) is 6.07 Å². The van der Waals surface area contributed by atoms with Crippen LogP contribution in [-0.4, -0.2) is 17.5 Å². The first-order valence-corrected chi connectivity index (χ1v) is 7.06. The van der Waals surface area contributed by atoms with Crippen LogP contribution in [0.5, 0.6) is 0 Å². The van der Waals surface area contributed by atoms with E-state index in [1.165, 1.54) is 6.07 Å². The number of anilines is 1. The summed E-state index contributed by atoms with van der Waals surface area (Å²) in [6.07, 6.45) is 0.656. The molecule has 0 amide bonds. The van der Waals surface area contributed by atoms with Gasteiger partial charge in [0.15, 0.2) is 0 Å². The van der Waals surface area contributed by atoms with Crippen molar-refractivity contribution in [3.8, 4) is 0 Å². The summed E-state index contributed by atoms with van der Waals surface area (Å²) in [4.78, 5) is 2.15. The Bertz CT molecular complexity index is 702. The number of fused-ring (bicyclic) bond motifs is 1. The molecule has 3 nitrogen and oxygen atoms in total. The zero-order valence-corrected chi connectivity index (χ0v) is 12.0. The van der Waals surface area contributed by atoms with Crippen LogP contribution in [0.1, 0.15) is 17.5 Å². The van der Waals surface area contributed by atoms with Gasteiger partial charge in [0, 0.05) is 30.8 Å². The number of oxime groups is 1. The van der Waals surface area contributed by atoms with Crippen LogP contribution in [0.3, 0.4) is 0 Å². The van der Waals surface area contributed by atoms with Crippen molar-refractivity contribution in [2.75, 3.05) is 11.4 Å². The van der Waals surface area contributed by atoms with Crippen LogP contribution in [0.25, 0.3) is 0 Å². The number of hydrogen-bond acceptors (Lipinski definition) is 3. The first-order valence-electron chi connectivity index (χ1n) is 6.68. The molecule has 21 heavy (non-hydrogen) atoms. The lowest BCUT2D eigenvalue weighted by atomic mass is 9.99. The van der Waals surface area contributed by atoms with Crippen LogP contribution < -0.4 is 4.90 Å². The molecule has 0 radical (unpaired) electrons. The molecule has 0 bridgehead atoms. The standard InChI is InChI=1S/C16H14ClFN2O/c17-13-6-5-11(9-14(13)18)10-20-8-7-15(19-21)12-3-1-2-4-16(12)20/h1-6,9,21H,7-8,10H2/b19-15-. The zero-order valence-electron chi connectivity index (χ0n) is 11.3. The predicted molar refractivity (Wildman–Crippen MR) is 81.8 cm³/mol. The first kappa shape index (κ1) is 13.9.